The smallest absolute Gasteiger partial charge is 0.327 e. The van der Waals surface area contributed by atoms with Crippen molar-refractivity contribution < 1.29 is 4.74 Å². The first-order valence-corrected chi connectivity index (χ1v) is 7.11. The number of aromatic nitrogens is 4. The molecular weight excluding hydrogens is 252 g/mol. The van der Waals surface area contributed by atoms with Crippen LogP contribution >= 0.6 is 11.8 Å². The van der Waals surface area contributed by atoms with Crippen LogP contribution in [0.25, 0.3) is 11.2 Å². The van der Waals surface area contributed by atoms with Crippen molar-refractivity contribution in [1.82, 2.24) is 19.5 Å². The van der Waals surface area contributed by atoms with Gasteiger partial charge < -0.3 is 9.72 Å². The van der Waals surface area contributed by atoms with Gasteiger partial charge >= 0.3 is 5.69 Å². The lowest BCUT2D eigenvalue weighted by molar-refractivity contribution is 0.0696. The molecule has 2 aromatic rings. The van der Waals surface area contributed by atoms with E-state index in [0.29, 0.717) is 29.5 Å². The van der Waals surface area contributed by atoms with Gasteiger partial charge in [0.15, 0.2) is 10.8 Å². The first kappa shape index (κ1) is 11.7. The molecule has 0 amide bonds. The number of nitrogens with zero attached hydrogens (tertiary/aromatic N) is 3. The minimum absolute atomic E-state index is 0.107. The lowest BCUT2D eigenvalue weighted by atomic mass is 10.1. The number of H-pyrrole nitrogens is 1. The van der Waals surface area contributed by atoms with E-state index in [2.05, 4.69) is 15.0 Å². The van der Waals surface area contributed by atoms with Gasteiger partial charge in [-0.15, -0.1) is 0 Å². The Balaban J connectivity index is 2.13. The van der Waals surface area contributed by atoms with Crippen molar-refractivity contribution >= 4 is 22.9 Å². The molecule has 0 bridgehead atoms. The van der Waals surface area contributed by atoms with Gasteiger partial charge in [0.2, 0.25) is 0 Å². The van der Waals surface area contributed by atoms with Crippen molar-refractivity contribution in [2.75, 3.05) is 19.5 Å². The summed E-state index contributed by atoms with van der Waals surface area (Å²) in [4.78, 5) is 23.4. The molecule has 3 rings (SSSR count). The summed E-state index contributed by atoms with van der Waals surface area (Å²) in [5.74, 6) is 0. The summed E-state index contributed by atoms with van der Waals surface area (Å²) >= 11 is 1.47. The lowest BCUT2D eigenvalue weighted by Crippen LogP contribution is -2.27. The summed E-state index contributed by atoms with van der Waals surface area (Å²) in [6.45, 7) is 1.40. The van der Waals surface area contributed by atoms with Gasteiger partial charge in [0, 0.05) is 19.3 Å². The second kappa shape index (κ2) is 4.74. The van der Waals surface area contributed by atoms with Gasteiger partial charge in [-0.2, -0.15) is 0 Å². The van der Waals surface area contributed by atoms with Crippen LogP contribution in [0.5, 0.6) is 0 Å². The van der Waals surface area contributed by atoms with Crippen LogP contribution in [0.4, 0.5) is 0 Å². The fourth-order valence-electron chi connectivity index (χ4n) is 2.28. The van der Waals surface area contributed by atoms with Gasteiger partial charge in [0.05, 0.1) is 6.20 Å². The highest BCUT2D eigenvalue weighted by Gasteiger charge is 2.21. The molecule has 18 heavy (non-hydrogen) atoms. The number of nitrogens with one attached hydrogen (secondary N) is 1. The summed E-state index contributed by atoms with van der Waals surface area (Å²) in [5, 5.41) is 0.683. The molecule has 0 aliphatic carbocycles. The van der Waals surface area contributed by atoms with Gasteiger partial charge in [-0.05, 0) is 19.1 Å². The van der Waals surface area contributed by atoms with E-state index in [1.165, 1.54) is 11.8 Å². The van der Waals surface area contributed by atoms with Gasteiger partial charge in [-0.3, -0.25) is 4.57 Å². The Labute approximate surface area is 108 Å². The van der Waals surface area contributed by atoms with Gasteiger partial charge in [-0.25, -0.2) is 14.8 Å². The van der Waals surface area contributed by atoms with Crippen molar-refractivity contribution in [3.8, 4) is 0 Å². The quantitative estimate of drug-likeness (QED) is 0.653. The second-order valence-electron chi connectivity index (χ2n) is 4.24. The molecule has 0 spiro atoms. The van der Waals surface area contributed by atoms with Crippen LogP contribution in [0.2, 0.25) is 0 Å². The molecule has 3 heterocycles. The van der Waals surface area contributed by atoms with E-state index in [1.807, 2.05) is 6.26 Å². The van der Waals surface area contributed by atoms with E-state index >= 15 is 0 Å². The van der Waals surface area contributed by atoms with Crippen molar-refractivity contribution in [2.24, 2.45) is 0 Å². The maximum absolute atomic E-state index is 12.0. The average molecular weight is 266 g/mol. The third kappa shape index (κ3) is 1.93. The molecule has 2 aromatic heterocycles. The molecule has 0 saturated carbocycles. The molecule has 1 N–H and O–H groups in total. The minimum atomic E-state index is -0.107. The standard InChI is InChI=1S/C11H14N4O2S/c1-18-10-12-6-8-9(14-10)15(11(16)13-8)7-2-4-17-5-3-7/h6-7H,2-5H2,1H3,(H,13,16). The number of ether oxygens (including phenoxy) is 1. The fraction of sp³-hybridized carbons (Fsp3) is 0.545. The Kier molecular flexibility index (Phi) is 3.09. The Morgan fingerprint density at radius 2 is 2.28 bits per heavy atom. The Morgan fingerprint density at radius 1 is 1.50 bits per heavy atom. The molecule has 0 atom stereocenters. The third-order valence-electron chi connectivity index (χ3n) is 3.17. The number of imidazole rings is 1. The van der Waals surface area contributed by atoms with Crippen LogP contribution in [0.15, 0.2) is 16.1 Å². The van der Waals surface area contributed by atoms with Crippen LogP contribution in [-0.2, 0) is 4.74 Å². The van der Waals surface area contributed by atoms with Crippen molar-refractivity contribution in [2.45, 2.75) is 24.0 Å². The van der Waals surface area contributed by atoms with Gasteiger partial charge in [0.1, 0.15) is 5.52 Å². The third-order valence-corrected chi connectivity index (χ3v) is 3.74. The van der Waals surface area contributed by atoms with E-state index in [4.69, 9.17) is 4.74 Å². The zero-order valence-electron chi connectivity index (χ0n) is 10.0. The molecule has 1 fully saturated rings. The second-order valence-corrected chi connectivity index (χ2v) is 5.01. The van der Waals surface area contributed by atoms with Crippen LogP contribution in [0.3, 0.4) is 0 Å². The monoisotopic (exact) mass is 266 g/mol. The molecule has 1 aliphatic heterocycles. The molecule has 6 nitrogen and oxygen atoms in total. The number of aromatic amines is 1. The van der Waals surface area contributed by atoms with E-state index in [1.54, 1.807) is 10.8 Å². The van der Waals surface area contributed by atoms with Gasteiger partial charge in [0.25, 0.3) is 0 Å². The molecule has 0 unspecified atom stereocenters. The minimum Gasteiger partial charge on any atom is -0.381 e. The Morgan fingerprint density at radius 3 is 3.00 bits per heavy atom. The first-order valence-electron chi connectivity index (χ1n) is 5.88. The van der Waals surface area contributed by atoms with Crippen LogP contribution in [0.1, 0.15) is 18.9 Å². The zero-order chi connectivity index (χ0) is 12.5. The predicted octanol–water partition coefficient (Wildman–Crippen LogP) is 1.19. The van der Waals surface area contributed by atoms with Crippen molar-refractivity contribution in [3.63, 3.8) is 0 Å². The largest absolute Gasteiger partial charge is 0.381 e. The van der Waals surface area contributed by atoms with Crippen molar-refractivity contribution in [1.29, 1.82) is 0 Å². The molecule has 96 valence electrons. The predicted molar refractivity (Wildman–Crippen MR) is 69.0 cm³/mol. The molecule has 7 heteroatoms. The number of fused-ring (bicyclic) bond motifs is 1. The van der Waals surface area contributed by atoms with Crippen LogP contribution in [0, 0.1) is 0 Å². The Hall–Kier alpha value is -1.34. The van der Waals surface area contributed by atoms with Gasteiger partial charge in [-0.1, -0.05) is 11.8 Å². The first-order chi connectivity index (χ1) is 8.79. The topological polar surface area (TPSA) is 72.8 Å². The zero-order valence-corrected chi connectivity index (χ0v) is 10.9. The van der Waals surface area contributed by atoms with E-state index in [0.717, 1.165) is 12.8 Å². The van der Waals surface area contributed by atoms with Crippen LogP contribution < -0.4 is 5.69 Å². The number of rotatable bonds is 2. The number of thioether (sulfide) groups is 1. The average Bonchev–Trinajstić information content (AvgIpc) is 2.74. The lowest BCUT2D eigenvalue weighted by Gasteiger charge is -2.22. The summed E-state index contributed by atoms with van der Waals surface area (Å²) < 4.78 is 7.08. The SMILES string of the molecule is CSc1ncc2[nH]c(=O)n(C3CCOCC3)c2n1. The fourth-order valence-corrected chi connectivity index (χ4v) is 2.62. The summed E-state index contributed by atoms with van der Waals surface area (Å²) in [5.41, 5.74) is 1.29. The summed E-state index contributed by atoms with van der Waals surface area (Å²) in [6, 6.07) is 0.171. The van der Waals surface area contributed by atoms with Crippen LogP contribution in [-0.4, -0.2) is 39.0 Å². The molecule has 0 radical (unpaired) electrons. The molecule has 1 saturated heterocycles. The normalized spacial score (nSPS) is 17.4. The molecule has 1 aliphatic rings. The van der Waals surface area contributed by atoms with E-state index < -0.39 is 0 Å². The number of hydrogen-bond donors (Lipinski definition) is 1. The summed E-state index contributed by atoms with van der Waals surface area (Å²) in [7, 11) is 0. The highest BCUT2D eigenvalue weighted by atomic mass is 32.2. The number of hydrogen-bond acceptors (Lipinski definition) is 5. The maximum Gasteiger partial charge on any atom is 0.327 e. The highest BCUT2D eigenvalue weighted by Crippen LogP contribution is 2.23. The Bertz CT molecular complexity index is 615. The molecular formula is C11H14N4O2S. The maximum atomic E-state index is 12.0. The highest BCUT2D eigenvalue weighted by molar-refractivity contribution is 7.98. The van der Waals surface area contributed by atoms with E-state index in [9.17, 15) is 4.79 Å². The van der Waals surface area contributed by atoms with E-state index in [-0.39, 0.29) is 11.7 Å². The molecule has 0 aromatic carbocycles. The summed E-state index contributed by atoms with van der Waals surface area (Å²) in [6.07, 6.45) is 5.30. The van der Waals surface area contributed by atoms with Crippen molar-refractivity contribution in [3.05, 3.63) is 16.7 Å².